The maximum absolute atomic E-state index is 5.72. The Morgan fingerprint density at radius 2 is 2.11 bits per heavy atom. The van der Waals surface area contributed by atoms with E-state index in [2.05, 4.69) is 26.0 Å². The first-order valence-electron chi connectivity index (χ1n) is 6.04. The van der Waals surface area contributed by atoms with Gasteiger partial charge in [-0.25, -0.2) is 9.97 Å². The molecule has 2 heterocycles. The summed E-state index contributed by atoms with van der Waals surface area (Å²) in [6, 6.07) is 8.09. The summed E-state index contributed by atoms with van der Waals surface area (Å²) in [7, 11) is 0. The van der Waals surface area contributed by atoms with Crippen LogP contribution in [-0.2, 0) is 6.42 Å². The highest BCUT2D eigenvalue weighted by atomic mass is 15.1. The number of nitrogens with two attached hydrogens (primary N) is 2. The lowest BCUT2D eigenvalue weighted by Crippen LogP contribution is -2.03. The van der Waals surface area contributed by atoms with Crippen molar-refractivity contribution in [2.24, 2.45) is 5.73 Å². The van der Waals surface area contributed by atoms with Gasteiger partial charge in [0.05, 0.1) is 6.33 Å². The molecule has 0 aliphatic heterocycles. The van der Waals surface area contributed by atoms with Gasteiger partial charge >= 0.3 is 0 Å². The second kappa shape index (κ2) is 4.66. The highest BCUT2D eigenvalue weighted by Gasteiger charge is 2.10. The predicted molar refractivity (Wildman–Crippen MR) is 74.3 cm³/mol. The number of H-pyrrole nitrogens is 1. The molecule has 0 fully saturated rings. The third kappa shape index (κ3) is 2.13. The Labute approximate surface area is 109 Å². The second-order valence-electron chi connectivity index (χ2n) is 4.27. The minimum atomic E-state index is 0.221. The van der Waals surface area contributed by atoms with Crippen LogP contribution in [0.1, 0.15) is 5.56 Å². The maximum Gasteiger partial charge on any atom is 0.222 e. The van der Waals surface area contributed by atoms with E-state index in [9.17, 15) is 0 Å². The number of rotatable bonds is 3. The topological polar surface area (TPSA) is 106 Å². The molecule has 0 bridgehead atoms. The van der Waals surface area contributed by atoms with Gasteiger partial charge in [-0.2, -0.15) is 4.98 Å². The van der Waals surface area contributed by atoms with Gasteiger partial charge in [0, 0.05) is 5.56 Å². The summed E-state index contributed by atoms with van der Waals surface area (Å²) in [4.78, 5) is 15.6. The summed E-state index contributed by atoms with van der Waals surface area (Å²) >= 11 is 0. The number of fused-ring (bicyclic) bond motifs is 1. The Morgan fingerprint density at radius 3 is 2.95 bits per heavy atom. The summed E-state index contributed by atoms with van der Waals surface area (Å²) in [6.45, 7) is 0.620. The minimum absolute atomic E-state index is 0.221. The first kappa shape index (κ1) is 11.6. The smallest absolute Gasteiger partial charge is 0.222 e. The van der Waals surface area contributed by atoms with Crippen LogP contribution in [0.3, 0.4) is 0 Å². The third-order valence-electron chi connectivity index (χ3n) is 2.94. The Bertz CT molecular complexity index is 718. The van der Waals surface area contributed by atoms with Crippen LogP contribution in [0.15, 0.2) is 30.6 Å². The largest absolute Gasteiger partial charge is 0.368 e. The zero-order valence-corrected chi connectivity index (χ0v) is 10.3. The molecule has 0 unspecified atom stereocenters. The highest BCUT2D eigenvalue weighted by molar-refractivity contribution is 5.87. The van der Waals surface area contributed by atoms with Crippen molar-refractivity contribution in [2.75, 3.05) is 12.3 Å². The van der Waals surface area contributed by atoms with Gasteiger partial charge in [-0.1, -0.05) is 18.2 Å². The number of hydrogen-bond donors (Lipinski definition) is 3. The van der Waals surface area contributed by atoms with Crippen molar-refractivity contribution in [2.45, 2.75) is 6.42 Å². The van der Waals surface area contributed by atoms with Crippen molar-refractivity contribution < 1.29 is 0 Å². The number of anilines is 1. The van der Waals surface area contributed by atoms with Crippen LogP contribution in [0.5, 0.6) is 0 Å². The van der Waals surface area contributed by atoms with E-state index in [1.165, 1.54) is 5.56 Å². The molecule has 0 saturated heterocycles. The standard InChI is InChI=1S/C13H14N6/c14-5-4-8-2-1-3-9(6-8)10-11-12(17-7-16-11)19-13(15)18-10/h1-3,6-7H,4-5,14H2,(H3,15,16,17,18,19). The summed E-state index contributed by atoms with van der Waals surface area (Å²) < 4.78 is 0. The van der Waals surface area contributed by atoms with Crippen LogP contribution < -0.4 is 11.5 Å². The highest BCUT2D eigenvalue weighted by Crippen LogP contribution is 2.25. The molecule has 0 saturated carbocycles. The molecule has 1 aromatic carbocycles. The lowest BCUT2D eigenvalue weighted by molar-refractivity contribution is 0.969. The van der Waals surface area contributed by atoms with E-state index in [-0.39, 0.29) is 5.95 Å². The van der Waals surface area contributed by atoms with Crippen molar-refractivity contribution in [1.29, 1.82) is 0 Å². The maximum atomic E-state index is 5.72. The number of aromatic amines is 1. The van der Waals surface area contributed by atoms with Crippen LogP contribution in [-0.4, -0.2) is 26.5 Å². The fraction of sp³-hybridized carbons (Fsp3) is 0.154. The number of imidazole rings is 1. The Kier molecular flexibility index (Phi) is 2.85. The normalized spacial score (nSPS) is 11.0. The van der Waals surface area contributed by atoms with Crippen molar-refractivity contribution in [1.82, 2.24) is 19.9 Å². The Morgan fingerprint density at radius 1 is 1.21 bits per heavy atom. The van der Waals surface area contributed by atoms with Gasteiger partial charge in [-0.3, -0.25) is 0 Å². The first-order chi connectivity index (χ1) is 9.28. The number of hydrogen-bond acceptors (Lipinski definition) is 5. The van der Waals surface area contributed by atoms with Crippen molar-refractivity contribution in [3.63, 3.8) is 0 Å². The van der Waals surface area contributed by atoms with E-state index in [1.54, 1.807) is 6.33 Å². The van der Waals surface area contributed by atoms with Gasteiger partial charge in [-0.15, -0.1) is 0 Å². The van der Waals surface area contributed by atoms with E-state index in [4.69, 9.17) is 11.5 Å². The molecule has 2 aromatic heterocycles. The zero-order chi connectivity index (χ0) is 13.2. The lowest BCUT2D eigenvalue weighted by atomic mass is 10.1. The first-order valence-corrected chi connectivity index (χ1v) is 6.04. The quantitative estimate of drug-likeness (QED) is 0.649. The average molecular weight is 254 g/mol. The summed E-state index contributed by atoms with van der Waals surface area (Å²) in [6.07, 6.45) is 2.42. The summed E-state index contributed by atoms with van der Waals surface area (Å²) in [5.74, 6) is 0.221. The summed E-state index contributed by atoms with van der Waals surface area (Å²) in [5.41, 5.74) is 15.6. The Hall–Kier alpha value is -2.47. The second-order valence-corrected chi connectivity index (χ2v) is 4.27. The molecule has 6 heteroatoms. The SMILES string of the molecule is NCCc1cccc(-c2nc(N)nc3nc[nH]c23)c1. The van der Waals surface area contributed by atoms with Crippen LogP contribution in [0.25, 0.3) is 22.4 Å². The number of benzene rings is 1. The number of aromatic nitrogens is 4. The molecule has 0 atom stereocenters. The molecule has 5 N–H and O–H groups in total. The molecule has 0 radical (unpaired) electrons. The van der Waals surface area contributed by atoms with E-state index < -0.39 is 0 Å². The van der Waals surface area contributed by atoms with Gasteiger partial charge < -0.3 is 16.5 Å². The number of nitrogens with zero attached hydrogens (tertiary/aromatic N) is 3. The van der Waals surface area contributed by atoms with Gasteiger partial charge in [-0.05, 0) is 24.6 Å². The van der Waals surface area contributed by atoms with Crippen molar-refractivity contribution >= 4 is 17.1 Å². The molecular weight excluding hydrogens is 240 g/mol. The van der Waals surface area contributed by atoms with Crippen molar-refractivity contribution in [3.05, 3.63) is 36.2 Å². The minimum Gasteiger partial charge on any atom is -0.368 e. The third-order valence-corrected chi connectivity index (χ3v) is 2.94. The molecule has 3 rings (SSSR count). The molecule has 0 aliphatic rings. The molecule has 0 amide bonds. The van der Waals surface area contributed by atoms with Gasteiger partial charge in [0.25, 0.3) is 0 Å². The van der Waals surface area contributed by atoms with E-state index in [1.807, 2.05) is 18.2 Å². The molecular formula is C13H14N6. The summed E-state index contributed by atoms with van der Waals surface area (Å²) in [5, 5.41) is 0. The molecule has 3 aromatic rings. The van der Waals surface area contributed by atoms with Gasteiger partial charge in [0.1, 0.15) is 11.2 Å². The molecule has 0 spiro atoms. The zero-order valence-electron chi connectivity index (χ0n) is 10.3. The molecule has 0 aliphatic carbocycles. The van der Waals surface area contributed by atoms with Crippen molar-refractivity contribution in [3.8, 4) is 11.3 Å². The van der Waals surface area contributed by atoms with Crippen LogP contribution in [0, 0.1) is 0 Å². The number of nitrogens with one attached hydrogen (secondary N) is 1. The lowest BCUT2D eigenvalue weighted by Gasteiger charge is -2.05. The monoisotopic (exact) mass is 254 g/mol. The molecule has 19 heavy (non-hydrogen) atoms. The van der Waals surface area contributed by atoms with E-state index in [0.717, 1.165) is 23.2 Å². The predicted octanol–water partition coefficient (Wildman–Crippen LogP) is 1.10. The average Bonchev–Trinajstić information content (AvgIpc) is 2.86. The fourth-order valence-corrected chi connectivity index (χ4v) is 2.10. The fourth-order valence-electron chi connectivity index (χ4n) is 2.10. The van der Waals surface area contributed by atoms with E-state index >= 15 is 0 Å². The Balaban J connectivity index is 2.18. The molecule has 6 nitrogen and oxygen atoms in total. The van der Waals surface area contributed by atoms with Crippen LogP contribution >= 0.6 is 0 Å². The van der Waals surface area contributed by atoms with Gasteiger partial charge in [0.2, 0.25) is 5.95 Å². The van der Waals surface area contributed by atoms with Crippen LogP contribution in [0.4, 0.5) is 5.95 Å². The molecule has 96 valence electrons. The van der Waals surface area contributed by atoms with Crippen LogP contribution in [0.2, 0.25) is 0 Å². The van der Waals surface area contributed by atoms with Gasteiger partial charge in [0.15, 0.2) is 5.65 Å². The number of nitrogen functional groups attached to an aromatic ring is 1. The van der Waals surface area contributed by atoms with E-state index in [0.29, 0.717) is 12.2 Å².